The molecule has 0 spiro atoms. The van der Waals surface area contributed by atoms with Crippen LogP contribution in [0.1, 0.15) is 53.7 Å². The molecule has 3 heterocycles. The molecule has 2 N–H and O–H groups in total. The number of guanidine groups is 1. The van der Waals surface area contributed by atoms with E-state index in [4.69, 9.17) is 4.99 Å². The molecule has 0 bridgehead atoms. The lowest BCUT2D eigenvalue weighted by Gasteiger charge is -2.21. The zero-order valence-electron chi connectivity index (χ0n) is 17.7. The maximum atomic E-state index is 4.76. The second-order valence-electron chi connectivity index (χ2n) is 7.22. The molecule has 0 amide bonds. The van der Waals surface area contributed by atoms with E-state index in [1.54, 1.807) is 11.3 Å². The number of aryl methyl sites for hydroxylation is 2. The molecule has 0 radical (unpaired) electrons. The molecule has 2 aromatic heterocycles. The lowest BCUT2D eigenvalue weighted by molar-refractivity contribution is 0.726. The largest absolute Gasteiger partial charge is 0.357 e. The molecule has 0 unspecified atom stereocenters. The number of halogens is 1. The van der Waals surface area contributed by atoms with Gasteiger partial charge in [-0.2, -0.15) is 0 Å². The lowest BCUT2D eigenvalue weighted by atomic mass is 10.2. The van der Waals surface area contributed by atoms with Crippen LogP contribution >= 0.6 is 35.3 Å². The van der Waals surface area contributed by atoms with Crippen LogP contribution in [0.4, 0.5) is 5.82 Å². The number of nitrogens with zero attached hydrogens (tertiary/aromatic N) is 4. The van der Waals surface area contributed by atoms with Crippen LogP contribution in [0.3, 0.4) is 0 Å². The Balaban J connectivity index is 0.00000300. The minimum Gasteiger partial charge on any atom is -0.357 e. The fraction of sp³-hybridized carbons (Fsp3) is 0.571. The van der Waals surface area contributed by atoms with Crippen molar-refractivity contribution in [3.63, 3.8) is 0 Å². The van der Waals surface area contributed by atoms with Crippen molar-refractivity contribution in [3.8, 4) is 0 Å². The van der Waals surface area contributed by atoms with Crippen LogP contribution in [0.5, 0.6) is 0 Å². The number of nitrogens with one attached hydrogen (secondary N) is 2. The van der Waals surface area contributed by atoms with Gasteiger partial charge in [-0.05, 0) is 51.3 Å². The molecule has 1 aliphatic rings. The van der Waals surface area contributed by atoms with Gasteiger partial charge in [0.15, 0.2) is 5.96 Å². The van der Waals surface area contributed by atoms with Gasteiger partial charge in [0.25, 0.3) is 0 Å². The van der Waals surface area contributed by atoms with E-state index < -0.39 is 0 Å². The summed E-state index contributed by atoms with van der Waals surface area (Å²) in [5, 5.41) is 7.81. The Kier molecular flexibility index (Phi) is 10.1. The molecule has 160 valence electrons. The Labute approximate surface area is 195 Å². The minimum absolute atomic E-state index is 0. The summed E-state index contributed by atoms with van der Waals surface area (Å²) in [6, 6.07) is 4.24. The lowest BCUT2D eigenvalue weighted by Crippen LogP contribution is -2.36. The van der Waals surface area contributed by atoms with Crippen LogP contribution in [-0.2, 0) is 13.1 Å². The molecular formula is C21H33IN6S. The van der Waals surface area contributed by atoms with Gasteiger partial charge in [-0.25, -0.2) is 15.0 Å². The molecule has 0 atom stereocenters. The molecule has 0 aromatic carbocycles. The molecule has 8 heteroatoms. The van der Waals surface area contributed by atoms with Crippen molar-refractivity contribution in [1.82, 2.24) is 20.6 Å². The van der Waals surface area contributed by atoms with Crippen LogP contribution in [0, 0.1) is 13.8 Å². The molecule has 3 rings (SSSR count). The minimum atomic E-state index is 0. The number of anilines is 1. The van der Waals surface area contributed by atoms with Crippen LogP contribution in [0.2, 0.25) is 0 Å². The third-order valence-electron chi connectivity index (χ3n) is 4.98. The fourth-order valence-electron chi connectivity index (χ4n) is 3.32. The molecule has 6 nitrogen and oxygen atoms in total. The summed E-state index contributed by atoms with van der Waals surface area (Å²) in [4.78, 5) is 17.6. The average molecular weight is 529 g/mol. The van der Waals surface area contributed by atoms with Crippen molar-refractivity contribution in [2.45, 2.75) is 59.5 Å². The van der Waals surface area contributed by atoms with Gasteiger partial charge in [-0.15, -0.1) is 35.3 Å². The molecule has 0 saturated carbocycles. The normalized spacial score (nSPS) is 14.9. The number of hydrogen-bond acceptors (Lipinski definition) is 5. The van der Waals surface area contributed by atoms with Gasteiger partial charge in [-0.1, -0.05) is 12.8 Å². The highest BCUT2D eigenvalue weighted by Crippen LogP contribution is 2.19. The Morgan fingerprint density at radius 3 is 2.59 bits per heavy atom. The van der Waals surface area contributed by atoms with E-state index in [9.17, 15) is 0 Å². The van der Waals surface area contributed by atoms with E-state index in [-0.39, 0.29) is 24.0 Å². The monoisotopic (exact) mass is 528 g/mol. The van der Waals surface area contributed by atoms with Crippen molar-refractivity contribution in [2.24, 2.45) is 4.99 Å². The molecule has 2 aromatic rings. The van der Waals surface area contributed by atoms with Crippen LogP contribution in [0.15, 0.2) is 23.3 Å². The Morgan fingerprint density at radius 2 is 1.93 bits per heavy atom. The van der Waals surface area contributed by atoms with Gasteiger partial charge in [0.2, 0.25) is 0 Å². The second kappa shape index (κ2) is 12.3. The van der Waals surface area contributed by atoms with E-state index in [1.165, 1.54) is 36.1 Å². The van der Waals surface area contributed by atoms with Crippen molar-refractivity contribution in [2.75, 3.05) is 24.5 Å². The van der Waals surface area contributed by atoms with Crippen molar-refractivity contribution < 1.29 is 0 Å². The molecule has 1 aliphatic heterocycles. The Hall–Kier alpha value is -1.42. The summed E-state index contributed by atoms with van der Waals surface area (Å²) in [6.45, 7) is 10.6. The summed E-state index contributed by atoms with van der Waals surface area (Å²) in [6.07, 6.45) is 7.09. The zero-order chi connectivity index (χ0) is 19.8. The van der Waals surface area contributed by atoms with E-state index in [0.717, 1.165) is 42.1 Å². The van der Waals surface area contributed by atoms with Crippen LogP contribution < -0.4 is 15.5 Å². The number of pyridine rings is 1. The SMILES string of the molecule is CCNC(=NCc1ccnc(N2CCCCCC2)c1)NCc1nc(C)c(C)s1.I. The van der Waals surface area contributed by atoms with E-state index in [2.05, 4.69) is 58.4 Å². The topological polar surface area (TPSA) is 65.4 Å². The smallest absolute Gasteiger partial charge is 0.191 e. The highest BCUT2D eigenvalue weighted by Gasteiger charge is 2.11. The molecule has 29 heavy (non-hydrogen) atoms. The Morgan fingerprint density at radius 1 is 1.17 bits per heavy atom. The molecular weight excluding hydrogens is 495 g/mol. The van der Waals surface area contributed by atoms with Crippen molar-refractivity contribution in [1.29, 1.82) is 0 Å². The summed E-state index contributed by atoms with van der Waals surface area (Å²) in [5.41, 5.74) is 2.30. The van der Waals surface area contributed by atoms with Crippen LogP contribution in [-0.4, -0.2) is 35.6 Å². The number of rotatable bonds is 6. The highest BCUT2D eigenvalue weighted by atomic mass is 127. The van der Waals surface area contributed by atoms with E-state index in [0.29, 0.717) is 13.1 Å². The predicted molar refractivity (Wildman–Crippen MR) is 134 cm³/mol. The standard InChI is InChI=1S/C21H32N6S.HI/c1-4-22-21(25-15-20-26-16(2)17(3)28-20)24-14-18-9-10-23-19(13-18)27-11-7-5-6-8-12-27;/h9-10,13H,4-8,11-12,14-15H2,1-3H3,(H2,22,24,25);1H. The zero-order valence-corrected chi connectivity index (χ0v) is 20.8. The fourth-order valence-corrected chi connectivity index (χ4v) is 4.19. The number of thiazole rings is 1. The number of hydrogen-bond donors (Lipinski definition) is 2. The second-order valence-corrected chi connectivity index (χ2v) is 8.51. The van der Waals surface area contributed by atoms with Crippen molar-refractivity contribution >= 4 is 47.1 Å². The third-order valence-corrected chi connectivity index (χ3v) is 6.06. The maximum absolute atomic E-state index is 4.76. The number of aromatic nitrogens is 2. The van der Waals surface area contributed by atoms with Crippen molar-refractivity contribution in [3.05, 3.63) is 39.5 Å². The molecule has 1 saturated heterocycles. The van der Waals surface area contributed by atoms with Gasteiger partial charge in [-0.3, -0.25) is 0 Å². The van der Waals surface area contributed by atoms with Gasteiger partial charge in [0, 0.05) is 30.7 Å². The predicted octanol–water partition coefficient (Wildman–Crippen LogP) is 4.41. The highest BCUT2D eigenvalue weighted by molar-refractivity contribution is 14.0. The first kappa shape index (κ1) is 23.9. The van der Waals surface area contributed by atoms with E-state index >= 15 is 0 Å². The number of aliphatic imine (C=N–C) groups is 1. The summed E-state index contributed by atoms with van der Waals surface area (Å²) >= 11 is 1.74. The summed E-state index contributed by atoms with van der Waals surface area (Å²) in [7, 11) is 0. The third kappa shape index (κ3) is 7.40. The summed E-state index contributed by atoms with van der Waals surface area (Å²) in [5.74, 6) is 1.91. The summed E-state index contributed by atoms with van der Waals surface area (Å²) < 4.78 is 0. The van der Waals surface area contributed by atoms with E-state index in [1.807, 2.05) is 6.20 Å². The van der Waals surface area contributed by atoms with Gasteiger partial charge < -0.3 is 15.5 Å². The first-order valence-corrected chi connectivity index (χ1v) is 11.1. The quantitative estimate of drug-likeness (QED) is 0.331. The van der Waals surface area contributed by atoms with Crippen LogP contribution in [0.25, 0.3) is 0 Å². The van der Waals surface area contributed by atoms with Gasteiger partial charge in [0.05, 0.1) is 18.8 Å². The first-order valence-electron chi connectivity index (χ1n) is 10.3. The van der Waals surface area contributed by atoms with Gasteiger partial charge in [0.1, 0.15) is 10.8 Å². The molecule has 0 aliphatic carbocycles. The average Bonchev–Trinajstić information content (AvgIpc) is 2.90. The first-order chi connectivity index (χ1) is 13.7. The van der Waals surface area contributed by atoms with Gasteiger partial charge >= 0.3 is 0 Å². The Bertz CT molecular complexity index is 764. The maximum Gasteiger partial charge on any atom is 0.191 e. The molecule has 1 fully saturated rings.